The maximum Gasteiger partial charge on any atom is 0.220 e. The summed E-state index contributed by atoms with van der Waals surface area (Å²) in [6, 6.07) is -0.836. The van der Waals surface area contributed by atoms with Gasteiger partial charge in [0.25, 0.3) is 0 Å². The molecule has 0 aromatic rings. The number of allylic oxidation sites excluding steroid dienone is 21. The number of hydrogen-bond acceptors (Lipinski definition) is 8. The molecule has 7 unspecified atom stereocenters. The third-order valence-electron chi connectivity index (χ3n) is 13.4. The highest BCUT2D eigenvalue weighted by molar-refractivity contribution is 5.76. The van der Waals surface area contributed by atoms with E-state index in [0.29, 0.717) is 6.42 Å². The summed E-state index contributed by atoms with van der Waals surface area (Å²) in [6.07, 6.45) is 76.7. The molecule has 1 aliphatic heterocycles. The predicted molar refractivity (Wildman–Crippen MR) is 322 cm³/mol. The normalized spacial score (nSPS) is 19.8. The van der Waals surface area contributed by atoms with Crippen LogP contribution in [0, 0.1) is 0 Å². The van der Waals surface area contributed by atoms with Crippen LogP contribution >= 0.6 is 0 Å². The Morgan fingerprint density at radius 3 is 1.26 bits per heavy atom. The van der Waals surface area contributed by atoms with Gasteiger partial charge in [-0.3, -0.25) is 4.79 Å². The van der Waals surface area contributed by atoms with E-state index in [9.17, 15) is 30.3 Å². The molecule has 1 heterocycles. The summed E-state index contributed by atoms with van der Waals surface area (Å²) >= 11 is 0. The van der Waals surface area contributed by atoms with Gasteiger partial charge in [-0.2, -0.15) is 0 Å². The van der Waals surface area contributed by atoms with Crippen molar-refractivity contribution in [3.8, 4) is 0 Å². The Kier molecular flexibility index (Phi) is 50.6. The van der Waals surface area contributed by atoms with Gasteiger partial charge in [-0.05, 0) is 109 Å². The molecule has 7 atom stereocenters. The summed E-state index contributed by atoms with van der Waals surface area (Å²) in [4.78, 5) is 13.0. The van der Waals surface area contributed by atoms with E-state index in [-0.39, 0.29) is 12.5 Å². The van der Waals surface area contributed by atoms with E-state index in [1.165, 1.54) is 103 Å². The average molecular weight is 1060 g/mol. The highest BCUT2D eigenvalue weighted by Crippen LogP contribution is 2.23. The van der Waals surface area contributed by atoms with Gasteiger partial charge in [0.05, 0.1) is 25.4 Å². The number of nitrogens with one attached hydrogen (secondary N) is 1. The van der Waals surface area contributed by atoms with Crippen molar-refractivity contribution < 1.29 is 39.8 Å². The molecule has 0 radical (unpaired) electrons. The van der Waals surface area contributed by atoms with Crippen LogP contribution in [0.1, 0.15) is 226 Å². The zero-order valence-corrected chi connectivity index (χ0v) is 48.0. The predicted octanol–water partition coefficient (Wildman–Crippen LogP) is 15.7. The van der Waals surface area contributed by atoms with Crippen molar-refractivity contribution in [1.29, 1.82) is 0 Å². The zero-order chi connectivity index (χ0) is 55.0. The van der Waals surface area contributed by atoms with Crippen LogP contribution in [-0.2, 0) is 14.3 Å². The summed E-state index contributed by atoms with van der Waals surface area (Å²) in [5.41, 5.74) is 0. The maximum atomic E-state index is 13.0. The topological polar surface area (TPSA) is 149 Å². The molecule has 0 aromatic carbocycles. The molecule has 0 saturated carbocycles. The third-order valence-corrected chi connectivity index (χ3v) is 13.4. The van der Waals surface area contributed by atoms with Gasteiger partial charge < -0.3 is 40.3 Å². The van der Waals surface area contributed by atoms with Gasteiger partial charge in [0.1, 0.15) is 24.4 Å². The number of aliphatic hydroxyl groups is 5. The number of unbranched alkanes of at least 4 members (excludes halogenated alkanes) is 20. The van der Waals surface area contributed by atoms with Crippen LogP contribution in [0.25, 0.3) is 0 Å². The van der Waals surface area contributed by atoms with Crippen molar-refractivity contribution in [2.75, 3.05) is 13.2 Å². The van der Waals surface area contributed by atoms with Gasteiger partial charge in [-0.15, -0.1) is 0 Å². The van der Waals surface area contributed by atoms with E-state index in [0.717, 1.165) is 103 Å². The van der Waals surface area contributed by atoms with Crippen molar-refractivity contribution in [2.45, 2.75) is 269 Å². The van der Waals surface area contributed by atoms with Gasteiger partial charge in [-0.1, -0.05) is 244 Å². The number of rotatable bonds is 50. The van der Waals surface area contributed by atoms with E-state index in [4.69, 9.17) is 9.47 Å². The van der Waals surface area contributed by atoms with Crippen LogP contribution in [0.15, 0.2) is 134 Å². The summed E-state index contributed by atoms with van der Waals surface area (Å²) < 4.78 is 11.2. The Balaban J connectivity index is 2.13. The van der Waals surface area contributed by atoms with E-state index in [1.807, 2.05) is 6.08 Å². The monoisotopic (exact) mass is 1060 g/mol. The second kappa shape index (κ2) is 54.7. The SMILES string of the molecule is CC/C=C\C/C=C\C/C=C\C/C=C\C/C=C\C/C=C\C/C=C\C/C=C\CCCCCCCCCCCCCCCCC(=O)NC(COC1OC(CO)C(O)C(O)C1O)C(O)/C=C/CC/C=C/CC/C=C/CCCCCC. The van der Waals surface area contributed by atoms with Gasteiger partial charge in [0.15, 0.2) is 6.29 Å². The molecule has 432 valence electrons. The number of carbonyl (C=O) groups excluding carboxylic acids is 1. The molecule has 1 amide bonds. The van der Waals surface area contributed by atoms with E-state index >= 15 is 0 Å². The minimum atomic E-state index is -1.58. The molecule has 76 heavy (non-hydrogen) atoms. The van der Waals surface area contributed by atoms with E-state index in [2.05, 4.69) is 141 Å². The van der Waals surface area contributed by atoms with Gasteiger partial charge >= 0.3 is 0 Å². The quantitative estimate of drug-likeness (QED) is 0.0261. The summed E-state index contributed by atoms with van der Waals surface area (Å²) in [7, 11) is 0. The molecule has 0 aromatic heterocycles. The molecule has 0 aliphatic carbocycles. The Labute approximate surface area is 464 Å². The fourth-order valence-electron chi connectivity index (χ4n) is 8.67. The Morgan fingerprint density at radius 2 is 0.829 bits per heavy atom. The van der Waals surface area contributed by atoms with Crippen LogP contribution in [0.2, 0.25) is 0 Å². The lowest BCUT2D eigenvalue weighted by Gasteiger charge is -2.40. The average Bonchev–Trinajstić information content (AvgIpc) is 3.42. The summed E-state index contributed by atoms with van der Waals surface area (Å²) in [5.74, 6) is -0.197. The highest BCUT2D eigenvalue weighted by Gasteiger charge is 2.44. The van der Waals surface area contributed by atoms with Gasteiger partial charge in [0.2, 0.25) is 5.91 Å². The largest absolute Gasteiger partial charge is 0.394 e. The van der Waals surface area contributed by atoms with Crippen molar-refractivity contribution in [3.63, 3.8) is 0 Å². The minimum Gasteiger partial charge on any atom is -0.394 e. The molecule has 0 bridgehead atoms. The van der Waals surface area contributed by atoms with Crippen molar-refractivity contribution >= 4 is 5.91 Å². The standard InChI is InChI=1S/C67H111NO8/c1-3-5-7-9-11-13-15-17-19-20-21-22-23-24-25-26-27-28-29-30-31-32-33-34-35-36-37-38-39-40-41-42-43-45-47-49-51-53-55-57-63(71)68-60(59-75-67-66(74)65(73)64(72)62(58-69)76-67)61(70)56-54-52-50-48-46-44-18-16-14-12-10-8-6-4-2/h5,7,11,13-14,16-17,19,21-22,24-25,27-28,30-31,33-34,46,48,54,56,60-62,64-67,69-70,72-74H,3-4,6,8-10,12,15,18,20,23,26,29,32,35-45,47,49-53,55,57-59H2,1-2H3,(H,68,71)/b7-5-,13-11-,16-14+,19-17-,22-21-,25-24-,28-27-,31-30-,34-33-,48-46+,56-54+. The first-order chi connectivity index (χ1) is 37.3. The van der Waals surface area contributed by atoms with Crippen LogP contribution in [0.3, 0.4) is 0 Å². The van der Waals surface area contributed by atoms with Crippen LogP contribution < -0.4 is 5.32 Å². The second-order valence-corrected chi connectivity index (χ2v) is 20.4. The molecule has 0 spiro atoms. The smallest absolute Gasteiger partial charge is 0.220 e. The molecular formula is C67H111NO8. The van der Waals surface area contributed by atoms with Crippen LogP contribution in [0.5, 0.6) is 0 Å². The molecule has 6 N–H and O–H groups in total. The lowest BCUT2D eigenvalue weighted by molar-refractivity contribution is -0.302. The van der Waals surface area contributed by atoms with Crippen molar-refractivity contribution in [1.82, 2.24) is 5.32 Å². The molecule has 9 nitrogen and oxygen atoms in total. The van der Waals surface area contributed by atoms with Gasteiger partial charge in [-0.25, -0.2) is 0 Å². The number of amides is 1. The molecule has 1 rings (SSSR count). The number of aliphatic hydroxyl groups excluding tert-OH is 5. The minimum absolute atomic E-state index is 0.197. The maximum absolute atomic E-state index is 13.0. The Bertz CT molecular complexity index is 1650. The first-order valence-electron chi connectivity index (χ1n) is 30.4. The Morgan fingerprint density at radius 1 is 0.461 bits per heavy atom. The first kappa shape index (κ1) is 70.3. The fraction of sp³-hybridized carbons (Fsp3) is 0.657. The first-order valence-corrected chi connectivity index (χ1v) is 30.4. The highest BCUT2D eigenvalue weighted by atomic mass is 16.7. The lowest BCUT2D eigenvalue weighted by atomic mass is 9.99. The third kappa shape index (κ3) is 43.3. The second-order valence-electron chi connectivity index (χ2n) is 20.4. The summed E-state index contributed by atoms with van der Waals surface area (Å²) in [5, 5.41) is 54.4. The Hall–Kier alpha value is -3.67. The summed E-state index contributed by atoms with van der Waals surface area (Å²) in [6.45, 7) is 3.60. The van der Waals surface area contributed by atoms with Gasteiger partial charge in [0, 0.05) is 6.42 Å². The fourth-order valence-corrected chi connectivity index (χ4v) is 8.67. The van der Waals surface area contributed by atoms with E-state index in [1.54, 1.807) is 6.08 Å². The molecule has 9 heteroatoms. The van der Waals surface area contributed by atoms with Crippen molar-refractivity contribution in [3.05, 3.63) is 134 Å². The molecule has 1 fully saturated rings. The number of hydrogen-bond donors (Lipinski definition) is 6. The zero-order valence-electron chi connectivity index (χ0n) is 48.0. The number of ether oxygens (including phenoxy) is 2. The number of carbonyl (C=O) groups is 1. The van der Waals surface area contributed by atoms with E-state index < -0.39 is 49.5 Å². The molecular weight excluding hydrogens is 947 g/mol. The molecule has 1 saturated heterocycles. The lowest BCUT2D eigenvalue weighted by Crippen LogP contribution is -2.60. The van der Waals surface area contributed by atoms with Crippen LogP contribution in [-0.4, -0.2) is 87.5 Å². The molecule has 1 aliphatic rings. The van der Waals surface area contributed by atoms with Crippen LogP contribution in [0.4, 0.5) is 0 Å². The van der Waals surface area contributed by atoms with Crippen molar-refractivity contribution in [2.24, 2.45) is 0 Å².